The summed E-state index contributed by atoms with van der Waals surface area (Å²) in [4.78, 5) is 72.9. The zero-order chi connectivity index (χ0) is 72.4. The highest BCUT2D eigenvalue weighted by molar-refractivity contribution is 7.47. The summed E-state index contributed by atoms with van der Waals surface area (Å²) in [7, 11) is -9.92. The fourth-order valence-corrected chi connectivity index (χ4v) is 13.6. The van der Waals surface area contributed by atoms with Crippen LogP contribution in [0.4, 0.5) is 0 Å². The molecular weight excluding hydrogens is 1280 g/mol. The van der Waals surface area contributed by atoms with Gasteiger partial charge >= 0.3 is 39.5 Å². The number of rotatable bonds is 76. The van der Waals surface area contributed by atoms with E-state index in [4.69, 9.17) is 37.0 Å². The Hall–Kier alpha value is -1.94. The third-order valence-corrected chi connectivity index (χ3v) is 20.6. The second-order valence-electron chi connectivity index (χ2n) is 30.1. The molecule has 0 fully saturated rings. The number of hydrogen-bond acceptors (Lipinski definition) is 15. The van der Waals surface area contributed by atoms with Gasteiger partial charge < -0.3 is 33.8 Å². The average molecular weight is 1440 g/mol. The lowest BCUT2D eigenvalue weighted by molar-refractivity contribution is -0.161. The minimum absolute atomic E-state index is 0.106. The van der Waals surface area contributed by atoms with E-state index >= 15 is 0 Å². The van der Waals surface area contributed by atoms with Crippen LogP contribution in [-0.4, -0.2) is 96.7 Å². The van der Waals surface area contributed by atoms with Crippen LogP contribution in [0.1, 0.15) is 402 Å². The van der Waals surface area contributed by atoms with Gasteiger partial charge in [-0.25, -0.2) is 9.13 Å². The first kappa shape index (κ1) is 96.1. The van der Waals surface area contributed by atoms with Crippen LogP contribution < -0.4 is 0 Å². The molecule has 4 unspecified atom stereocenters. The lowest BCUT2D eigenvalue weighted by Crippen LogP contribution is -2.30. The standard InChI is InChI=1S/C79H154O17P2/c1-9-72(8)58-50-42-34-26-22-23-29-37-46-54-62-79(84)95-74(65-89-76(81)59-51-43-35-27-20-16-12-10-11-14-18-24-31-39-47-55-69(2)3)67-93-97(85,86)91-63-73(80)64-92-98(87,88)94-68-75(66-90-77(82)60-52-44-38-30-33-41-49-57-71(6)7)96-78(83)61-53-45-36-28-21-17-13-15-19-25-32-40-48-56-70(4)5/h69-75,80H,9-68H2,1-8H3,(H,85,86)(H,87,88)/t72?,73?,74-,75-/m1/s1. The van der Waals surface area contributed by atoms with Crippen molar-refractivity contribution in [2.75, 3.05) is 39.6 Å². The van der Waals surface area contributed by atoms with Gasteiger partial charge in [0.15, 0.2) is 12.2 Å². The highest BCUT2D eigenvalue weighted by Crippen LogP contribution is 2.45. The lowest BCUT2D eigenvalue weighted by Gasteiger charge is -2.21. The van der Waals surface area contributed by atoms with Crippen molar-refractivity contribution < 1.29 is 80.2 Å². The van der Waals surface area contributed by atoms with Crippen LogP contribution in [0.2, 0.25) is 0 Å². The number of aliphatic hydroxyl groups is 1. The number of aliphatic hydroxyl groups excluding tert-OH is 1. The fraction of sp³-hybridized carbons (Fsp3) is 0.949. The molecule has 98 heavy (non-hydrogen) atoms. The maximum absolute atomic E-state index is 13.1. The second-order valence-corrected chi connectivity index (χ2v) is 33.0. The molecule has 3 N–H and O–H groups in total. The van der Waals surface area contributed by atoms with E-state index in [2.05, 4.69) is 55.4 Å². The Balaban J connectivity index is 5.24. The zero-order valence-corrected chi connectivity index (χ0v) is 66.2. The first-order valence-electron chi connectivity index (χ1n) is 40.7. The van der Waals surface area contributed by atoms with E-state index < -0.39 is 97.5 Å². The zero-order valence-electron chi connectivity index (χ0n) is 64.4. The molecule has 0 heterocycles. The number of ether oxygens (including phenoxy) is 4. The van der Waals surface area contributed by atoms with E-state index in [0.29, 0.717) is 31.6 Å². The third-order valence-electron chi connectivity index (χ3n) is 18.7. The minimum atomic E-state index is -4.96. The maximum Gasteiger partial charge on any atom is 0.472 e. The Bertz CT molecular complexity index is 1920. The number of carbonyl (C=O) groups excluding carboxylic acids is 4. The number of unbranched alkanes of at least 4 members (excludes halogenated alkanes) is 41. The first-order chi connectivity index (χ1) is 47.1. The molecule has 17 nitrogen and oxygen atoms in total. The SMILES string of the molecule is CCC(C)CCCCCCCCCCCCC(=O)O[C@H](COC(=O)CCCCCCCCCCCCCCCCCC(C)C)COP(=O)(O)OCC(O)COP(=O)(O)OC[C@@H](COC(=O)CCCCCCCCCC(C)C)OC(=O)CCCCCCCCCCCCCCCC(C)C. The van der Waals surface area contributed by atoms with Crippen LogP contribution in [0, 0.1) is 23.7 Å². The molecule has 0 saturated heterocycles. The van der Waals surface area contributed by atoms with Crippen LogP contribution in [0.15, 0.2) is 0 Å². The largest absolute Gasteiger partial charge is 0.472 e. The van der Waals surface area contributed by atoms with Crippen molar-refractivity contribution in [1.82, 2.24) is 0 Å². The Morgan fingerprint density at radius 1 is 0.286 bits per heavy atom. The van der Waals surface area contributed by atoms with Gasteiger partial charge in [-0.3, -0.25) is 37.3 Å². The summed E-state index contributed by atoms with van der Waals surface area (Å²) in [6, 6.07) is 0. The smallest absolute Gasteiger partial charge is 0.462 e. The van der Waals surface area contributed by atoms with Gasteiger partial charge in [0.05, 0.1) is 26.4 Å². The molecule has 0 aromatic carbocycles. The summed E-state index contributed by atoms with van der Waals surface area (Å²) in [5.41, 5.74) is 0. The molecule has 0 aromatic rings. The van der Waals surface area contributed by atoms with Gasteiger partial charge in [-0.1, -0.05) is 351 Å². The summed E-state index contributed by atoms with van der Waals surface area (Å²) in [5, 5.41) is 10.6. The highest BCUT2D eigenvalue weighted by atomic mass is 31.2. The number of phosphoric ester groups is 2. The molecule has 0 saturated carbocycles. The number of hydrogen-bond donors (Lipinski definition) is 3. The Morgan fingerprint density at radius 2 is 0.490 bits per heavy atom. The van der Waals surface area contributed by atoms with Crippen LogP contribution in [0.5, 0.6) is 0 Å². The molecule has 0 aliphatic heterocycles. The number of phosphoric acid groups is 2. The van der Waals surface area contributed by atoms with E-state index in [1.54, 1.807) is 0 Å². The summed E-state index contributed by atoms with van der Waals surface area (Å²) >= 11 is 0. The Morgan fingerprint density at radius 3 is 0.724 bits per heavy atom. The van der Waals surface area contributed by atoms with E-state index in [1.165, 1.54) is 199 Å². The van der Waals surface area contributed by atoms with Gasteiger partial charge in [-0.2, -0.15) is 0 Å². The molecule has 0 spiro atoms. The Kier molecular flexibility index (Phi) is 66.8. The van der Waals surface area contributed by atoms with Gasteiger partial charge in [-0.05, 0) is 49.4 Å². The molecule has 0 bridgehead atoms. The predicted octanol–water partition coefficient (Wildman–Crippen LogP) is 23.2. The molecule has 0 amide bonds. The van der Waals surface area contributed by atoms with Crippen molar-refractivity contribution in [3.63, 3.8) is 0 Å². The minimum Gasteiger partial charge on any atom is -0.462 e. The molecule has 0 rings (SSSR count). The van der Waals surface area contributed by atoms with Gasteiger partial charge in [0, 0.05) is 25.7 Å². The molecule has 582 valence electrons. The van der Waals surface area contributed by atoms with Gasteiger partial charge in [-0.15, -0.1) is 0 Å². The lowest BCUT2D eigenvalue weighted by atomic mass is 9.99. The van der Waals surface area contributed by atoms with Gasteiger partial charge in [0.2, 0.25) is 0 Å². The summed E-state index contributed by atoms with van der Waals surface area (Å²) in [6.45, 7) is 14.2. The van der Waals surface area contributed by atoms with E-state index in [1.807, 2.05) is 0 Å². The molecular formula is C79H154O17P2. The van der Waals surface area contributed by atoms with E-state index in [0.717, 1.165) is 114 Å². The van der Waals surface area contributed by atoms with Gasteiger partial charge in [0.25, 0.3) is 0 Å². The van der Waals surface area contributed by atoms with Crippen molar-refractivity contribution in [3.8, 4) is 0 Å². The molecule has 19 heteroatoms. The molecule has 0 aliphatic rings. The van der Waals surface area contributed by atoms with Crippen LogP contribution in [0.25, 0.3) is 0 Å². The van der Waals surface area contributed by atoms with Crippen molar-refractivity contribution >= 4 is 39.5 Å². The Labute approximate surface area is 600 Å². The van der Waals surface area contributed by atoms with Crippen LogP contribution in [0.3, 0.4) is 0 Å². The van der Waals surface area contributed by atoms with Crippen molar-refractivity contribution in [2.45, 2.75) is 420 Å². The quantitative estimate of drug-likeness (QED) is 0.0222. The molecule has 6 atom stereocenters. The average Bonchev–Trinajstić information content (AvgIpc) is 1.03. The van der Waals surface area contributed by atoms with Crippen molar-refractivity contribution in [3.05, 3.63) is 0 Å². The van der Waals surface area contributed by atoms with Crippen molar-refractivity contribution in [1.29, 1.82) is 0 Å². The maximum atomic E-state index is 13.1. The molecule has 0 radical (unpaired) electrons. The number of carbonyl (C=O) groups is 4. The topological polar surface area (TPSA) is 237 Å². The summed E-state index contributed by atoms with van der Waals surface area (Å²) < 4.78 is 68.6. The van der Waals surface area contributed by atoms with E-state index in [-0.39, 0.29) is 25.7 Å². The molecule has 0 aliphatic carbocycles. The third kappa shape index (κ3) is 71.1. The van der Waals surface area contributed by atoms with E-state index in [9.17, 15) is 43.2 Å². The van der Waals surface area contributed by atoms with Crippen LogP contribution >= 0.6 is 15.6 Å². The second kappa shape index (κ2) is 68.2. The summed E-state index contributed by atoms with van der Waals surface area (Å²) in [5.74, 6) is 0.984. The van der Waals surface area contributed by atoms with Crippen LogP contribution in [-0.2, 0) is 65.4 Å². The predicted molar refractivity (Wildman–Crippen MR) is 400 cm³/mol. The summed E-state index contributed by atoms with van der Waals surface area (Å²) in [6.07, 6.45) is 54.1. The normalized spacial score (nSPS) is 14.3. The highest BCUT2D eigenvalue weighted by Gasteiger charge is 2.30. The monoisotopic (exact) mass is 1440 g/mol. The molecule has 0 aromatic heterocycles. The van der Waals surface area contributed by atoms with Gasteiger partial charge in [0.1, 0.15) is 19.3 Å². The van der Waals surface area contributed by atoms with Crippen molar-refractivity contribution in [2.24, 2.45) is 23.7 Å². The first-order valence-corrected chi connectivity index (χ1v) is 43.7. The fourth-order valence-electron chi connectivity index (χ4n) is 12.0. The number of esters is 4.